The number of H-pyrrole nitrogens is 1. The molecule has 0 radical (unpaired) electrons. The van der Waals surface area contributed by atoms with Crippen molar-refractivity contribution in [2.75, 3.05) is 0 Å². The molecule has 0 spiro atoms. The number of nitrogens with one attached hydrogen (secondary N) is 1. The van der Waals surface area contributed by atoms with Gasteiger partial charge < -0.3 is 28.7 Å². The summed E-state index contributed by atoms with van der Waals surface area (Å²) in [6.45, 7) is 49.9. The van der Waals surface area contributed by atoms with Gasteiger partial charge in [-0.25, -0.2) is 0 Å². The summed E-state index contributed by atoms with van der Waals surface area (Å²) in [4.78, 5) is 3.36. The number of fused-ring (bicyclic) bond motifs is 4. The maximum Gasteiger partial charge on any atom is 0.506 e. The van der Waals surface area contributed by atoms with E-state index in [9.17, 15) is 10.0 Å². The Morgan fingerprint density at radius 2 is 0.723 bits per heavy atom. The zero-order valence-electron chi connectivity index (χ0n) is 45.5. The molecule has 6 nitrogen and oxygen atoms in total. The molecule has 4 aromatic heterocycles. The van der Waals surface area contributed by atoms with Crippen LogP contribution >= 0.6 is 0 Å². The van der Waals surface area contributed by atoms with Crippen LogP contribution in [-0.2, 0) is 21.1 Å². The molecule has 0 saturated carbocycles. The van der Waals surface area contributed by atoms with Gasteiger partial charge in [-0.2, -0.15) is 0 Å². The Hall–Kier alpha value is -4.98. The third kappa shape index (κ3) is 8.76. The molecular weight excluding hydrogens is 795 g/mol. The lowest BCUT2D eigenvalue weighted by Gasteiger charge is -2.13. The Bertz CT molecular complexity index is 2970. The van der Waals surface area contributed by atoms with Gasteiger partial charge in [-0.05, 0) is 257 Å². The average Bonchev–Trinajstić information content (AvgIpc) is 3.96. The number of aromatic amines is 1. The van der Waals surface area contributed by atoms with Crippen LogP contribution in [-0.4, -0.2) is 35.9 Å². The van der Waals surface area contributed by atoms with Crippen molar-refractivity contribution in [3.63, 3.8) is 0 Å². The fourth-order valence-corrected chi connectivity index (χ4v) is 10.7. The molecule has 7 heteroatoms. The monoisotopic (exact) mass is 879 g/mol. The third-order valence-corrected chi connectivity index (χ3v) is 16.1. The van der Waals surface area contributed by atoms with E-state index in [1.807, 2.05) is 32.4 Å². The number of aromatic nitrogens is 4. The smallest absolute Gasteiger partial charge is 0.422 e. The Morgan fingerprint density at radius 3 is 1.17 bits per heavy atom. The van der Waals surface area contributed by atoms with Crippen molar-refractivity contribution in [2.24, 2.45) is 21.1 Å². The molecular formula is C58H83BN4O2. The predicted molar refractivity (Wildman–Crippen MR) is 288 cm³/mol. The normalized spacial score (nSPS) is 11.1. The van der Waals surface area contributed by atoms with Crippen LogP contribution < -0.4 is 5.59 Å². The maximum absolute atomic E-state index is 9.54. The average molecular weight is 879 g/mol. The summed E-state index contributed by atoms with van der Waals surface area (Å²) < 4.78 is 6.49. The van der Waals surface area contributed by atoms with Gasteiger partial charge in [0.15, 0.2) is 0 Å². The number of rotatable bonds is 1. The summed E-state index contributed by atoms with van der Waals surface area (Å²) >= 11 is 0. The first-order valence-electron chi connectivity index (χ1n) is 23.6. The van der Waals surface area contributed by atoms with E-state index in [1.165, 1.54) is 144 Å². The van der Waals surface area contributed by atoms with Crippen LogP contribution in [0.15, 0.2) is 12.4 Å². The van der Waals surface area contributed by atoms with E-state index in [4.69, 9.17) is 0 Å². The van der Waals surface area contributed by atoms with E-state index in [1.54, 1.807) is 0 Å². The molecule has 0 aliphatic carbocycles. The minimum atomic E-state index is -1.43. The maximum atomic E-state index is 9.54. The van der Waals surface area contributed by atoms with Crippen LogP contribution in [0.4, 0.5) is 0 Å². The summed E-state index contributed by atoms with van der Waals surface area (Å²) in [5.74, 6) is 0. The minimum absolute atomic E-state index is 0.584. The van der Waals surface area contributed by atoms with Gasteiger partial charge in [-0.1, -0.05) is 13.8 Å². The Morgan fingerprint density at radius 1 is 0.369 bits per heavy atom. The van der Waals surface area contributed by atoms with Crippen molar-refractivity contribution in [2.45, 2.75) is 159 Å². The predicted octanol–water partition coefficient (Wildman–Crippen LogP) is 13.9. The van der Waals surface area contributed by atoms with E-state index in [0.29, 0.717) is 5.59 Å². The molecule has 0 fully saturated rings. The van der Waals surface area contributed by atoms with Crippen LogP contribution in [0.2, 0.25) is 0 Å². The van der Waals surface area contributed by atoms with Crippen LogP contribution in [0.5, 0.6) is 0 Å². The number of hydrogen-bond donors (Lipinski definition) is 3. The summed E-state index contributed by atoms with van der Waals surface area (Å²) in [6, 6.07) is 0. The quantitative estimate of drug-likeness (QED) is 0.144. The van der Waals surface area contributed by atoms with Crippen LogP contribution in [0.25, 0.3) is 43.6 Å². The Balaban J connectivity index is 0.000000188. The molecule has 3 N–H and O–H groups in total. The molecule has 0 saturated heterocycles. The van der Waals surface area contributed by atoms with Gasteiger partial charge in [-0.15, -0.1) is 0 Å². The largest absolute Gasteiger partial charge is 0.506 e. The topological polar surface area (TPSA) is 71.0 Å². The molecule has 0 amide bonds. The lowest BCUT2D eigenvalue weighted by atomic mass is 9.82. The van der Waals surface area contributed by atoms with Crippen molar-refractivity contribution in [1.29, 1.82) is 0 Å². The highest BCUT2D eigenvalue weighted by Crippen LogP contribution is 2.36. The lowest BCUT2D eigenvalue weighted by molar-refractivity contribution is 0.422. The highest BCUT2D eigenvalue weighted by Gasteiger charge is 2.25. The standard InChI is InChI=1S/C15H21N.C14H20BNO2.C14H19N.C13H17N.C2H6/c1-8-9(2)11(4)15-14(10(8)3)12(5)13(6)16(15)7;1-7-8(2)10(4)13-12(9(7)3)11(5)14(15(17)18)16(13)6;1-8-7-15(6)14-12(5)10(3)9(2)11(4)13(8)14;1-7-6-14-13-11(5)9(3)8(2)10(4)12(7)13;1-2/h1-7H3;17-18H,1-6H3;7H,1-6H3;6,14H,1-5H3;1-2H3. The van der Waals surface area contributed by atoms with Crippen molar-refractivity contribution in [1.82, 2.24) is 18.7 Å². The first-order valence-corrected chi connectivity index (χ1v) is 23.6. The summed E-state index contributed by atoms with van der Waals surface area (Å²) in [6.07, 6.45) is 4.33. The molecule has 0 bridgehead atoms. The fraction of sp³-hybridized carbons (Fsp3) is 0.448. The summed E-state index contributed by atoms with van der Waals surface area (Å²) in [7, 11) is 4.77. The second-order valence-corrected chi connectivity index (χ2v) is 19.0. The molecule has 4 aromatic carbocycles. The van der Waals surface area contributed by atoms with Crippen molar-refractivity contribution >= 4 is 56.3 Å². The second kappa shape index (κ2) is 19.9. The van der Waals surface area contributed by atoms with Gasteiger partial charge in [0.25, 0.3) is 0 Å². The Kier molecular flexibility index (Phi) is 16.1. The number of aryl methyl sites for hydroxylation is 15. The van der Waals surface area contributed by atoms with E-state index in [-0.39, 0.29) is 0 Å². The lowest BCUT2D eigenvalue weighted by Crippen LogP contribution is -2.36. The van der Waals surface area contributed by atoms with E-state index in [2.05, 4.69) is 179 Å². The third-order valence-electron chi connectivity index (χ3n) is 16.1. The zero-order chi connectivity index (χ0) is 49.8. The van der Waals surface area contributed by atoms with Gasteiger partial charge in [0.05, 0.1) is 22.1 Å². The molecule has 0 unspecified atom stereocenters. The van der Waals surface area contributed by atoms with Gasteiger partial charge in [0.1, 0.15) is 0 Å². The van der Waals surface area contributed by atoms with Crippen LogP contribution in [0, 0.1) is 145 Å². The van der Waals surface area contributed by atoms with Gasteiger partial charge in [0, 0.05) is 66.3 Å². The van der Waals surface area contributed by atoms with E-state index >= 15 is 0 Å². The fourth-order valence-electron chi connectivity index (χ4n) is 10.7. The highest BCUT2D eigenvalue weighted by molar-refractivity contribution is 6.59. The first kappa shape index (κ1) is 52.6. The molecule has 350 valence electrons. The molecule has 8 aromatic rings. The molecule has 0 aliphatic rings. The second-order valence-electron chi connectivity index (χ2n) is 19.0. The number of benzene rings is 4. The van der Waals surface area contributed by atoms with Crippen LogP contribution in [0.1, 0.15) is 131 Å². The summed E-state index contributed by atoms with van der Waals surface area (Å²) in [5, 5.41) is 24.5. The Labute approximate surface area is 393 Å². The molecule has 0 atom stereocenters. The molecule has 4 heterocycles. The van der Waals surface area contributed by atoms with Gasteiger partial charge in [-0.3, -0.25) is 0 Å². The SMILES string of the molecule is CC.Cc1c(C)c(C)c2c(C)c[nH]c2c1C.Cc1c(C)c(C)c2c(c(C)cn2C)c1C.Cc1c(C)c(C)c2c(c1C)c(C)c(B(O)O)n2C.Cc1c(C)c(C)c2c(c1C)c(C)c(C)n2C. The van der Waals surface area contributed by atoms with E-state index < -0.39 is 7.12 Å². The van der Waals surface area contributed by atoms with Crippen molar-refractivity contribution in [3.05, 3.63) is 129 Å². The van der Waals surface area contributed by atoms with Crippen molar-refractivity contribution < 1.29 is 10.0 Å². The van der Waals surface area contributed by atoms with Gasteiger partial charge >= 0.3 is 7.12 Å². The molecule has 8 rings (SSSR count). The molecule has 0 aliphatic heterocycles. The van der Waals surface area contributed by atoms with Gasteiger partial charge in [0.2, 0.25) is 0 Å². The summed E-state index contributed by atoms with van der Waals surface area (Å²) in [5.41, 5.74) is 34.5. The molecule has 65 heavy (non-hydrogen) atoms. The number of nitrogens with zero attached hydrogens (tertiary/aromatic N) is 3. The number of hydrogen-bond acceptors (Lipinski definition) is 2. The van der Waals surface area contributed by atoms with E-state index in [0.717, 1.165) is 16.5 Å². The zero-order valence-corrected chi connectivity index (χ0v) is 45.5. The minimum Gasteiger partial charge on any atom is -0.422 e. The highest BCUT2D eigenvalue weighted by atomic mass is 16.4. The van der Waals surface area contributed by atoms with Crippen molar-refractivity contribution in [3.8, 4) is 0 Å². The van der Waals surface area contributed by atoms with Crippen LogP contribution in [0.3, 0.4) is 0 Å². The first-order chi connectivity index (χ1) is 30.1.